The molecule has 0 N–H and O–H groups in total. The zero-order valence-electron chi connectivity index (χ0n) is 21.4. The summed E-state index contributed by atoms with van der Waals surface area (Å²) in [5, 5.41) is 0. The first-order chi connectivity index (χ1) is 18.0. The van der Waals surface area contributed by atoms with Crippen LogP contribution in [0.15, 0.2) is 53.4 Å². The van der Waals surface area contributed by atoms with Gasteiger partial charge in [-0.1, -0.05) is 54.7 Å². The largest absolute Gasteiger partial charge is 0.493 e. The van der Waals surface area contributed by atoms with Crippen LogP contribution >= 0.6 is 24.0 Å². The molecule has 2 fully saturated rings. The molecule has 2 aliphatic rings. The summed E-state index contributed by atoms with van der Waals surface area (Å²) in [5.41, 5.74) is 2.06. The van der Waals surface area contributed by atoms with Crippen LogP contribution in [0.4, 0.5) is 5.69 Å². The Labute approximate surface area is 228 Å². The van der Waals surface area contributed by atoms with Crippen molar-refractivity contribution in [2.75, 3.05) is 51.8 Å². The monoisotopic (exact) mass is 539 g/mol. The smallest absolute Gasteiger partial charge is 0.266 e. The lowest BCUT2D eigenvalue weighted by Gasteiger charge is -2.36. The summed E-state index contributed by atoms with van der Waals surface area (Å²) in [4.78, 5) is 32.2. The van der Waals surface area contributed by atoms with Crippen molar-refractivity contribution in [3.05, 3.63) is 59.0 Å². The van der Waals surface area contributed by atoms with Crippen LogP contribution in [-0.2, 0) is 9.59 Å². The number of methoxy groups -OCH3 is 2. The molecule has 0 saturated carbocycles. The molecule has 2 aromatic rings. The van der Waals surface area contributed by atoms with Gasteiger partial charge in [0.15, 0.2) is 11.5 Å². The zero-order valence-corrected chi connectivity index (χ0v) is 23.0. The third kappa shape index (κ3) is 6.84. The molecule has 9 heteroatoms. The van der Waals surface area contributed by atoms with E-state index in [1.807, 2.05) is 47.4 Å². The van der Waals surface area contributed by atoms with Crippen LogP contribution in [0.3, 0.4) is 0 Å². The van der Waals surface area contributed by atoms with Gasteiger partial charge in [-0.3, -0.25) is 14.5 Å². The van der Waals surface area contributed by atoms with Crippen molar-refractivity contribution >= 4 is 51.9 Å². The number of hydrogen-bond acceptors (Lipinski definition) is 7. The summed E-state index contributed by atoms with van der Waals surface area (Å²) in [7, 11) is 3.17. The van der Waals surface area contributed by atoms with Crippen LogP contribution in [0.25, 0.3) is 6.08 Å². The number of benzene rings is 2. The molecule has 0 bridgehead atoms. The maximum Gasteiger partial charge on any atom is 0.266 e. The number of amides is 2. The van der Waals surface area contributed by atoms with E-state index in [2.05, 4.69) is 17.0 Å². The first kappa shape index (κ1) is 27.0. The summed E-state index contributed by atoms with van der Waals surface area (Å²) < 4.78 is 11.2. The normalized spacial score (nSPS) is 17.0. The fourth-order valence-corrected chi connectivity index (χ4v) is 5.83. The zero-order chi connectivity index (χ0) is 26.2. The second-order valence-corrected chi connectivity index (χ2v) is 10.6. The fraction of sp³-hybridized carbons (Fsp3) is 0.393. The van der Waals surface area contributed by atoms with Gasteiger partial charge in [-0.25, -0.2) is 0 Å². The maximum absolute atomic E-state index is 12.9. The van der Waals surface area contributed by atoms with Crippen molar-refractivity contribution in [3.8, 4) is 11.5 Å². The summed E-state index contributed by atoms with van der Waals surface area (Å²) in [6.45, 7) is 3.81. The molecule has 0 atom stereocenters. The van der Waals surface area contributed by atoms with Gasteiger partial charge in [0.05, 0.1) is 19.1 Å². The second kappa shape index (κ2) is 13.0. The maximum atomic E-state index is 12.9. The van der Waals surface area contributed by atoms with E-state index < -0.39 is 0 Å². The molecule has 37 heavy (non-hydrogen) atoms. The summed E-state index contributed by atoms with van der Waals surface area (Å²) in [5.74, 6) is 1.40. The molecule has 2 heterocycles. The summed E-state index contributed by atoms with van der Waals surface area (Å²) >= 11 is 6.78. The standard InChI is InChI=1S/C28H33N3O4S2/c1-34-23-13-12-21(19-24(23)35-2)20-25-27(33)31(28(36)37-25)14-8-4-7-11-26(32)30-17-15-29(16-18-30)22-9-5-3-6-10-22/h3,5-6,9-10,12-13,19-20H,4,7-8,11,14-18H2,1-2H3/b25-20-. The van der Waals surface area contributed by atoms with Crippen LogP contribution in [-0.4, -0.2) is 72.9 Å². The molecule has 0 aromatic heterocycles. The Morgan fingerprint density at radius 2 is 1.70 bits per heavy atom. The first-order valence-corrected chi connectivity index (χ1v) is 13.8. The van der Waals surface area contributed by atoms with E-state index in [4.69, 9.17) is 21.7 Å². The molecule has 0 spiro atoms. The van der Waals surface area contributed by atoms with Crippen LogP contribution in [0.2, 0.25) is 0 Å². The molecule has 2 amide bonds. The number of para-hydroxylation sites is 1. The van der Waals surface area contributed by atoms with Crippen molar-refractivity contribution in [1.82, 2.24) is 9.80 Å². The van der Waals surface area contributed by atoms with E-state index in [9.17, 15) is 9.59 Å². The second-order valence-electron chi connectivity index (χ2n) is 8.96. The average Bonchev–Trinajstić information content (AvgIpc) is 3.20. The predicted octanol–water partition coefficient (Wildman–Crippen LogP) is 4.81. The Morgan fingerprint density at radius 3 is 2.41 bits per heavy atom. The number of carbonyl (C=O) groups is 2. The highest BCUT2D eigenvalue weighted by atomic mass is 32.2. The minimum Gasteiger partial charge on any atom is -0.493 e. The Morgan fingerprint density at radius 1 is 0.973 bits per heavy atom. The number of hydrogen-bond donors (Lipinski definition) is 0. The van der Waals surface area contributed by atoms with E-state index in [1.165, 1.54) is 17.4 Å². The van der Waals surface area contributed by atoms with Crippen LogP contribution in [0.5, 0.6) is 11.5 Å². The van der Waals surface area contributed by atoms with Crippen LogP contribution in [0, 0.1) is 0 Å². The van der Waals surface area contributed by atoms with Crippen molar-refractivity contribution in [1.29, 1.82) is 0 Å². The summed E-state index contributed by atoms with van der Waals surface area (Å²) in [6, 6.07) is 15.9. The average molecular weight is 540 g/mol. The summed E-state index contributed by atoms with van der Waals surface area (Å²) in [6.07, 6.45) is 4.88. The van der Waals surface area contributed by atoms with Gasteiger partial charge in [0, 0.05) is 44.8 Å². The number of anilines is 1. The third-order valence-corrected chi connectivity index (χ3v) is 7.98. The molecule has 2 saturated heterocycles. The lowest BCUT2D eigenvalue weighted by Crippen LogP contribution is -2.48. The van der Waals surface area contributed by atoms with Crippen molar-refractivity contribution in [2.45, 2.75) is 25.7 Å². The predicted molar refractivity (Wildman–Crippen MR) is 153 cm³/mol. The Hall–Kier alpha value is -3.04. The van der Waals surface area contributed by atoms with Gasteiger partial charge in [-0.2, -0.15) is 0 Å². The fourth-order valence-electron chi connectivity index (χ4n) is 4.52. The van der Waals surface area contributed by atoms with Gasteiger partial charge in [-0.15, -0.1) is 0 Å². The molecule has 0 aliphatic carbocycles. The number of unbranched alkanes of at least 4 members (excludes halogenated alkanes) is 2. The molecular formula is C28H33N3O4S2. The van der Waals surface area contributed by atoms with Gasteiger partial charge in [0.2, 0.25) is 5.91 Å². The molecule has 2 aromatic carbocycles. The molecule has 196 valence electrons. The van der Waals surface area contributed by atoms with Crippen LogP contribution in [0.1, 0.15) is 31.2 Å². The minimum atomic E-state index is -0.0721. The van der Waals surface area contributed by atoms with E-state index in [1.54, 1.807) is 19.1 Å². The van der Waals surface area contributed by atoms with Gasteiger partial charge in [0.1, 0.15) is 4.32 Å². The lowest BCUT2D eigenvalue weighted by molar-refractivity contribution is -0.131. The topological polar surface area (TPSA) is 62.3 Å². The highest BCUT2D eigenvalue weighted by molar-refractivity contribution is 8.26. The number of piperazine rings is 1. The van der Waals surface area contributed by atoms with Gasteiger partial charge >= 0.3 is 0 Å². The van der Waals surface area contributed by atoms with Gasteiger partial charge < -0.3 is 19.3 Å². The number of thioether (sulfide) groups is 1. The Kier molecular flexibility index (Phi) is 9.46. The van der Waals surface area contributed by atoms with Crippen molar-refractivity contribution < 1.29 is 19.1 Å². The van der Waals surface area contributed by atoms with Crippen molar-refractivity contribution in [3.63, 3.8) is 0 Å². The molecule has 7 nitrogen and oxygen atoms in total. The Balaban J connectivity index is 1.18. The Bertz CT molecular complexity index is 1150. The van der Waals surface area contributed by atoms with E-state index >= 15 is 0 Å². The number of rotatable bonds is 10. The molecule has 2 aliphatic heterocycles. The molecule has 0 radical (unpaired) electrons. The van der Waals surface area contributed by atoms with E-state index in [-0.39, 0.29) is 11.8 Å². The van der Waals surface area contributed by atoms with Crippen LogP contribution < -0.4 is 14.4 Å². The number of thiocarbonyl (C=S) groups is 1. The number of carbonyl (C=O) groups excluding carboxylic acids is 2. The lowest BCUT2D eigenvalue weighted by atomic mass is 10.1. The number of ether oxygens (including phenoxy) is 2. The third-order valence-electron chi connectivity index (χ3n) is 6.61. The minimum absolute atomic E-state index is 0.0721. The number of nitrogens with zero attached hydrogens (tertiary/aromatic N) is 3. The van der Waals surface area contributed by atoms with E-state index in [0.717, 1.165) is 51.0 Å². The molecular weight excluding hydrogens is 506 g/mol. The SMILES string of the molecule is COc1ccc(/C=C2\SC(=S)N(CCCCCC(=O)N3CCN(c4ccccc4)CC3)C2=O)cc1OC. The molecule has 0 unspecified atom stereocenters. The van der Waals surface area contributed by atoms with Crippen molar-refractivity contribution in [2.24, 2.45) is 0 Å². The van der Waals surface area contributed by atoms with Gasteiger partial charge in [-0.05, 0) is 48.7 Å². The quantitative estimate of drug-likeness (QED) is 0.244. The first-order valence-electron chi connectivity index (χ1n) is 12.6. The van der Waals surface area contributed by atoms with Gasteiger partial charge in [0.25, 0.3) is 5.91 Å². The molecule has 4 rings (SSSR count). The highest BCUT2D eigenvalue weighted by Gasteiger charge is 2.31. The highest BCUT2D eigenvalue weighted by Crippen LogP contribution is 2.35. The van der Waals surface area contributed by atoms with E-state index in [0.29, 0.717) is 33.7 Å².